The molecule has 2 aliphatic heterocycles. The fourth-order valence-corrected chi connectivity index (χ4v) is 4.44. The molecule has 0 saturated carbocycles. The number of nitrogens with one attached hydrogen (secondary N) is 1. The normalized spacial score (nSPS) is 20.0. The van der Waals surface area contributed by atoms with Gasteiger partial charge in [-0.1, -0.05) is 0 Å². The second kappa shape index (κ2) is 7.35. The van der Waals surface area contributed by atoms with Crippen LogP contribution in [0.4, 0.5) is 10.5 Å². The molecule has 3 amide bonds. The Bertz CT molecular complexity index is 855. The number of amides is 3. The molecule has 0 aliphatic carbocycles. The summed E-state index contributed by atoms with van der Waals surface area (Å²) in [6, 6.07) is 4.24. The van der Waals surface area contributed by atoms with Gasteiger partial charge in [-0.05, 0) is 18.6 Å². The molecule has 1 aromatic rings. The van der Waals surface area contributed by atoms with Crippen molar-refractivity contribution in [3.8, 4) is 5.75 Å². The van der Waals surface area contributed by atoms with Gasteiger partial charge in [-0.2, -0.15) is 0 Å². The van der Waals surface area contributed by atoms with Crippen LogP contribution in [0.25, 0.3) is 0 Å². The van der Waals surface area contributed by atoms with Gasteiger partial charge in [-0.15, -0.1) is 0 Å². The van der Waals surface area contributed by atoms with Crippen LogP contribution in [-0.2, 0) is 14.8 Å². The van der Waals surface area contributed by atoms with Gasteiger partial charge < -0.3 is 19.9 Å². The van der Waals surface area contributed by atoms with Crippen molar-refractivity contribution in [3.63, 3.8) is 0 Å². The smallest absolute Gasteiger partial charge is 0.321 e. The number of ether oxygens (including phenoxy) is 1. The summed E-state index contributed by atoms with van der Waals surface area (Å²) in [6.45, 7) is 1.51. The average Bonchev–Trinajstić information content (AvgIpc) is 3.01. The van der Waals surface area contributed by atoms with E-state index in [4.69, 9.17) is 4.74 Å². The van der Waals surface area contributed by atoms with Gasteiger partial charge in [0.25, 0.3) is 0 Å². The summed E-state index contributed by atoms with van der Waals surface area (Å²) < 4.78 is 31.0. The number of carbonyl (C=O) groups excluding carboxylic acids is 2. The van der Waals surface area contributed by atoms with Crippen molar-refractivity contribution in [3.05, 3.63) is 18.2 Å². The highest BCUT2D eigenvalue weighted by atomic mass is 32.2. The molecule has 9 nitrogen and oxygen atoms in total. The van der Waals surface area contributed by atoms with Crippen LogP contribution < -0.4 is 10.1 Å². The molecule has 1 N–H and O–H groups in total. The van der Waals surface area contributed by atoms with Crippen molar-refractivity contribution in [2.24, 2.45) is 0 Å². The molecule has 10 heteroatoms. The summed E-state index contributed by atoms with van der Waals surface area (Å²) in [5.41, 5.74) is 0.444. The van der Waals surface area contributed by atoms with E-state index in [1.807, 2.05) is 4.90 Å². The van der Waals surface area contributed by atoms with Crippen LogP contribution >= 0.6 is 0 Å². The van der Waals surface area contributed by atoms with Gasteiger partial charge in [0.2, 0.25) is 15.9 Å². The molecular weight excluding hydrogens is 372 g/mol. The van der Waals surface area contributed by atoms with E-state index in [1.165, 1.54) is 39.4 Å². The van der Waals surface area contributed by atoms with Crippen molar-refractivity contribution in [1.29, 1.82) is 0 Å². The molecule has 1 atom stereocenters. The van der Waals surface area contributed by atoms with Gasteiger partial charge in [0, 0.05) is 57.9 Å². The molecule has 2 aliphatic rings. The summed E-state index contributed by atoms with van der Waals surface area (Å²) in [4.78, 5) is 27.9. The number of nitrogens with zero attached hydrogens (tertiary/aromatic N) is 3. The van der Waals surface area contributed by atoms with E-state index in [1.54, 1.807) is 4.90 Å². The monoisotopic (exact) mass is 396 g/mol. The Morgan fingerprint density at radius 1 is 1.30 bits per heavy atom. The zero-order valence-electron chi connectivity index (χ0n) is 15.6. The maximum absolute atomic E-state index is 12.6. The van der Waals surface area contributed by atoms with E-state index >= 15 is 0 Å². The minimum atomic E-state index is -3.65. The first-order valence-corrected chi connectivity index (χ1v) is 10.1. The summed E-state index contributed by atoms with van der Waals surface area (Å²) in [6.07, 6.45) is 1.31. The number of piperazine rings is 1. The van der Waals surface area contributed by atoms with E-state index in [0.717, 1.165) is 10.7 Å². The first kappa shape index (κ1) is 19.4. The Hall–Kier alpha value is -2.33. The zero-order chi connectivity index (χ0) is 19.8. The van der Waals surface area contributed by atoms with E-state index in [2.05, 4.69) is 5.32 Å². The van der Waals surface area contributed by atoms with Gasteiger partial charge in [0.15, 0.2) is 0 Å². The fourth-order valence-electron chi connectivity index (χ4n) is 3.41. The second-order valence-corrected chi connectivity index (χ2v) is 8.93. The quantitative estimate of drug-likeness (QED) is 0.811. The summed E-state index contributed by atoms with van der Waals surface area (Å²) in [5, 5.41) is 2.78. The van der Waals surface area contributed by atoms with Gasteiger partial charge in [0.1, 0.15) is 10.6 Å². The molecule has 1 unspecified atom stereocenters. The molecular formula is C17H24N4O5S. The van der Waals surface area contributed by atoms with Crippen molar-refractivity contribution in [2.45, 2.75) is 23.8 Å². The maximum atomic E-state index is 12.6. The predicted octanol–water partition coefficient (Wildman–Crippen LogP) is 0.784. The predicted molar refractivity (Wildman–Crippen MR) is 99.2 cm³/mol. The van der Waals surface area contributed by atoms with Crippen LogP contribution in [-0.4, -0.2) is 81.3 Å². The molecule has 3 rings (SSSR count). The topological polar surface area (TPSA) is 99.3 Å². The largest absolute Gasteiger partial charge is 0.495 e. The number of benzene rings is 1. The third kappa shape index (κ3) is 3.72. The van der Waals surface area contributed by atoms with Gasteiger partial charge >= 0.3 is 6.03 Å². The Morgan fingerprint density at radius 2 is 2.04 bits per heavy atom. The molecule has 1 aromatic carbocycles. The third-order valence-electron chi connectivity index (χ3n) is 4.96. The number of anilines is 1. The molecule has 0 spiro atoms. The van der Waals surface area contributed by atoms with E-state index in [-0.39, 0.29) is 28.6 Å². The Balaban J connectivity index is 1.72. The number of methoxy groups -OCH3 is 1. The lowest BCUT2D eigenvalue weighted by atomic mass is 10.1. The molecule has 0 aromatic heterocycles. The third-order valence-corrected chi connectivity index (χ3v) is 6.81. The Kier molecular flexibility index (Phi) is 5.29. The first-order chi connectivity index (χ1) is 12.7. The molecule has 0 radical (unpaired) electrons. The van der Waals surface area contributed by atoms with Crippen LogP contribution in [0, 0.1) is 0 Å². The standard InChI is InChI=1S/C17H24N4O5S/c1-19(2)27(24,25)15-6-4-12(10-14(15)26-3)18-17(23)20-8-9-21-13(11-20)5-7-16(21)22/h4,6,10,13H,5,7-9,11H2,1-3H3,(H,18,23). The summed E-state index contributed by atoms with van der Waals surface area (Å²) in [7, 11) is 0.613. The highest BCUT2D eigenvalue weighted by molar-refractivity contribution is 7.89. The summed E-state index contributed by atoms with van der Waals surface area (Å²) >= 11 is 0. The number of carbonyl (C=O) groups is 2. The molecule has 2 fully saturated rings. The Labute approximate surface area is 158 Å². The van der Waals surface area contributed by atoms with Crippen LogP contribution in [0.15, 0.2) is 23.1 Å². The highest BCUT2D eigenvalue weighted by Crippen LogP contribution is 2.29. The fraction of sp³-hybridized carbons (Fsp3) is 0.529. The molecule has 0 bridgehead atoms. The number of rotatable bonds is 4. The zero-order valence-corrected chi connectivity index (χ0v) is 16.5. The van der Waals surface area contributed by atoms with Crippen molar-refractivity contribution < 1.29 is 22.7 Å². The van der Waals surface area contributed by atoms with E-state index < -0.39 is 10.0 Å². The number of sulfonamides is 1. The highest BCUT2D eigenvalue weighted by Gasteiger charge is 2.37. The van der Waals surface area contributed by atoms with Crippen LogP contribution in [0.3, 0.4) is 0 Å². The minimum Gasteiger partial charge on any atom is -0.495 e. The average molecular weight is 396 g/mol. The first-order valence-electron chi connectivity index (χ1n) is 8.70. The number of fused-ring (bicyclic) bond motifs is 1. The van der Waals surface area contributed by atoms with Crippen molar-refractivity contribution in [1.82, 2.24) is 14.1 Å². The summed E-state index contributed by atoms with van der Waals surface area (Å²) in [5.74, 6) is 0.315. The SMILES string of the molecule is COc1cc(NC(=O)N2CCN3C(=O)CCC3C2)ccc1S(=O)(=O)N(C)C. The van der Waals surface area contributed by atoms with E-state index in [9.17, 15) is 18.0 Å². The van der Waals surface area contributed by atoms with Gasteiger partial charge in [-0.3, -0.25) is 4.79 Å². The van der Waals surface area contributed by atoms with Gasteiger partial charge in [0.05, 0.1) is 7.11 Å². The molecule has 148 valence electrons. The molecule has 2 saturated heterocycles. The second-order valence-electron chi connectivity index (χ2n) is 6.81. The lowest BCUT2D eigenvalue weighted by molar-refractivity contribution is -0.130. The lowest BCUT2D eigenvalue weighted by Gasteiger charge is -2.37. The minimum absolute atomic E-state index is 0.0334. The van der Waals surface area contributed by atoms with Gasteiger partial charge in [-0.25, -0.2) is 17.5 Å². The molecule has 2 heterocycles. The van der Waals surface area contributed by atoms with Crippen molar-refractivity contribution >= 4 is 27.6 Å². The molecule has 27 heavy (non-hydrogen) atoms. The van der Waals surface area contributed by atoms with Crippen LogP contribution in [0.5, 0.6) is 5.75 Å². The number of hydrogen-bond donors (Lipinski definition) is 1. The van der Waals surface area contributed by atoms with Crippen molar-refractivity contribution in [2.75, 3.05) is 46.2 Å². The Morgan fingerprint density at radius 3 is 2.70 bits per heavy atom. The lowest BCUT2D eigenvalue weighted by Crippen LogP contribution is -2.54. The van der Waals surface area contributed by atoms with Crippen LogP contribution in [0.1, 0.15) is 12.8 Å². The number of urea groups is 1. The maximum Gasteiger partial charge on any atom is 0.321 e. The van der Waals surface area contributed by atoms with Crippen LogP contribution in [0.2, 0.25) is 0 Å². The number of hydrogen-bond acceptors (Lipinski definition) is 5. The van der Waals surface area contributed by atoms with E-state index in [0.29, 0.717) is 31.7 Å².